The number of carbonyl (C=O) groups excluding carboxylic acids is 2. The number of hydrogen-bond donors (Lipinski definition) is 0. The fourth-order valence-corrected chi connectivity index (χ4v) is 3.04. The third-order valence-electron chi connectivity index (χ3n) is 2.59. The summed E-state index contributed by atoms with van der Waals surface area (Å²) in [4.78, 5) is 25.5. The van der Waals surface area contributed by atoms with Crippen LogP contribution in [0, 0.1) is 0 Å². The maximum absolute atomic E-state index is 12.1. The Morgan fingerprint density at radius 2 is 2.21 bits per heavy atom. The molecule has 1 atom stereocenters. The fourth-order valence-electron chi connectivity index (χ4n) is 1.86. The number of carbonyl (C=O) groups is 2. The molecule has 1 aromatic rings. The predicted molar refractivity (Wildman–Crippen MR) is 76.1 cm³/mol. The highest BCUT2D eigenvalue weighted by Crippen LogP contribution is 2.33. The molecule has 1 fully saturated rings. The minimum Gasteiger partial charge on any atom is -0.456 e. The van der Waals surface area contributed by atoms with E-state index in [2.05, 4.69) is 0 Å². The molecule has 1 aliphatic rings. The SMILES string of the molecule is CC(C)(C)OC(=O)c1ccsc1N1CC(Cl)CC1=O. The highest BCUT2D eigenvalue weighted by atomic mass is 35.5. The Hall–Kier alpha value is -1.07. The lowest BCUT2D eigenvalue weighted by Crippen LogP contribution is -2.28. The largest absolute Gasteiger partial charge is 0.456 e. The van der Waals surface area contributed by atoms with Gasteiger partial charge in [-0.2, -0.15) is 0 Å². The van der Waals surface area contributed by atoms with Crippen LogP contribution in [-0.4, -0.2) is 29.4 Å². The zero-order valence-corrected chi connectivity index (χ0v) is 12.7. The molecule has 2 rings (SSSR count). The van der Waals surface area contributed by atoms with Crippen molar-refractivity contribution in [3.05, 3.63) is 17.0 Å². The van der Waals surface area contributed by atoms with E-state index in [1.807, 2.05) is 20.8 Å². The van der Waals surface area contributed by atoms with Crippen molar-refractivity contribution in [1.29, 1.82) is 0 Å². The highest BCUT2D eigenvalue weighted by Gasteiger charge is 2.33. The van der Waals surface area contributed by atoms with Crippen molar-refractivity contribution in [2.75, 3.05) is 11.4 Å². The van der Waals surface area contributed by atoms with Crippen LogP contribution in [0.1, 0.15) is 37.6 Å². The zero-order chi connectivity index (χ0) is 14.2. The molecule has 1 amide bonds. The number of alkyl halides is 1. The van der Waals surface area contributed by atoms with Gasteiger partial charge in [-0.05, 0) is 32.2 Å². The lowest BCUT2D eigenvalue weighted by Gasteiger charge is -2.21. The van der Waals surface area contributed by atoms with Gasteiger partial charge >= 0.3 is 5.97 Å². The van der Waals surface area contributed by atoms with Gasteiger partial charge in [-0.25, -0.2) is 4.79 Å². The number of amides is 1. The fraction of sp³-hybridized carbons (Fsp3) is 0.538. The quantitative estimate of drug-likeness (QED) is 0.623. The lowest BCUT2D eigenvalue weighted by molar-refractivity contribution is -0.117. The van der Waals surface area contributed by atoms with Crippen molar-refractivity contribution in [2.45, 2.75) is 38.2 Å². The van der Waals surface area contributed by atoms with E-state index in [1.165, 1.54) is 11.3 Å². The smallest absolute Gasteiger partial charge is 0.341 e. The summed E-state index contributed by atoms with van der Waals surface area (Å²) >= 11 is 7.34. The summed E-state index contributed by atoms with van der Waals surface area (Å²) in [6.07, 6.45) is 0.313. The number of nitrogens with zero attached hydrogens (tertiary/aromatic N) is 1. The Kier molecular flexibility index (Phi) is 3.87. The molecule has 1 aliphatic heterocycles. The summed E-state index contributed by atoms with van der Waals surface area (Å²) in [5.74, 6) is -0.457. The summed E-state index contributed by atoms with van der Waals surface area (Å²) in [6, 6.07) is 1.68. The maximum atomic E-state index is 12.1. The van der Waals surface area contributed by atoms with Crippen molar-refractivity contribution >= 4 is 39.8 Å². The molecule has 2 heterocycles. The number of ether oxygens (including phenoxy) is 1. The third kappa shape index (κ3) is 3.28. The first-order valence-corrected chi connectivity index (χ1v) is 7.35. The summed E-state index contributed by atoms with van der Waals surface area (Å²) < 4.78 is 5.34. The second kappa shape index (κ2) is 5.13. The Morgan fingerprint density at radius 3 is 2.74 bits per heavy atom. The third-order valence-corrected chi connectivity index (χ3v) is 3.81. The first-order valence-electron chi connectivity index (χ1n) is 6.03. The Labute approximate surface area is 121 Å². The molecule has 6 heteroatoms. The molecule has 19 heavy (non-hydrogen) atoms. The van der Waals surface area contributed by atoms with Gasteiger partial charge in [0.25, 0.3) is 0 Å². The minimum absolute atomic E-state index is 0.0488. The van der Waals surface area contributed by atoms with Gasteiger partial charge in [0, 0.05) is 13.0 Å². The van der Waals surface area contributed by atoms with Crippen LogP contribution in [0.15, 0.2) is 11.4 Å². The molecule has 0 aliphatic carbocycles. The van der Waals surface area contributed by atoms with Crippen molar-refractivity contribution < 1.29 is 14.3 Å². The van der Waals surface area contributed by atoms with E-state index >= 15 is 0 Å². The van der Waals surface area contributed by atoms with Crippen LogP contribution >= 0.6 is 22.9 Å². The van der Waals surface area contributed by atoms with Gasteiger partial charge in [0.05, 0.1) is 10.9 Å². The average molecular weight is 302 g/mol. The molecule has 0 bridgehead atoms. The van der Waals surface area contributed by atoms with Gasteiger partial charge in [0.15, 0.2) is 0 Å². The van der Waals surface area contributed by atoms with Crippen molar-refractivity contribution in [3.63, 3.8) is 0 Å². The van der Waals surface area contributed by atoms with Gasteiger partial charge in [-0.3, -0.25) is 4.79 Å². The number of anilines is 1. The molecule has 1 unspecified atom stereocenters. The van der Waals surface area contributed by atoms with Gasteiger partial charge in [-0.1, -0.05) is 0 Å². The minimum atomic E-state index is -0.555. The van der Waals surface area contributed by atoms with E-state index in [4.69, 9.17) is 16.3 Å². The van der Waals surface area contributed by atoms with Crippen LogP contribution in [0.25, 0.3) is 0 Å². The second-order valence-electron chi connectivity index (χ2n) is 5.45. The maximum Gasteiger partial charge on any atom is 0.341 e. The van der Waals surface area contributed by atoms with E-state index in [9.17, 15) is 9.59 Å². The van der Waals surface area contributed by atoms with Crippen molar-refractivity contribution in [2.24, 2.45) is 0 Å². The summed E-state index contributed by atoms with van der Waals surface area (Å²) in [7, 11) is 0. The molecule has 0 spiro atoms. The molecule has 4 nitrogen and oxygen atoms in total. The molecular formula is C13H16ClNO3S. The van der Waals surface area contributed by atoms with Gasteiger partial charge in [0.2, 0.25) is 5.91 Å². The van der Waals surface area contributed by atoms with Gasteiger partial charge in [0.1, 0.15) is 10.6 Å². The van der Waals surface area contributed by atoms with Gasteiger partial charge in [-0.15, -0.1) is 22.9 Å². The first-order chi connectivity index (χ1) is 8.78. The summed E-state index contributed by atoms with van der Waals surface area (Å²) in [6.45, 7) is 5.88. The summed E-state index contributed by atoms with van der Waals surface area (Å²) in [5, 5.41) is 2.21. The molecule has 1 aromatic heterocycles. The van der Waals surface area contributed by atoms with Crippen LogP contribution < -0.4 is 4.90 Å². The molecule has 0 saturated carbocycles. The van der Waals surface area contributed by atoms with Crippen molar-refractivity contribution in [3.8, 4) is 0 Å². The first kappa shape index (κ1) is 14.3. The molecular weight excluding hydrogens is 286 g/mol. The lowest BCUT2D eigenvalue weighted by atomic mass is 10.2. The topological polar surface area (TPSA) is 46.6 Å². The Morgan fingerprint density at radius 1 is 1.53 bits per heavy atom. The zero-order valence-electron chi connectivity index (χ0n) is 11.1. The molecule has 0 aromatic carbocycles. The van der Waals surface area contributed by atoms with E-state index in [0.29, 0.717) is 23.5 Å². The molecule has 1 saturated heterocycles. The molecule has 0 N–H and O–H groups in total. The van der Waals surface area contributed by atoms with E-state index in [1.54, 1.807) is 16.3 Å². The average Bonchev–Trinajstić information content (AvgIpc) is 2.81. The normalized spacial score (nSPS) is 19.9. The molecule has 104 valence electrons. The number of hydrogen-bond acceptors (Lipinski definition) is 4. The van der Waals surface area contributed by atoms with E-state index < -0.39 is 11.6 Å². The van der Waals surface area contributed by atoms with Crippen molar-refractivity contribution in [1.82, 2.24) is 0 Å². The monoisotopic (exact) mass is 301 g/mol. The number of thiophene rings is 1. The Balaban J connectivity index is 2.23. The van der Waals surface area contributed by atoms with Crippen LogP contribution in [0.3, 0.4) is 0 Å². The van der Waals surface area contributed by atoms with E-state index in [-0.39, 0.29) is 11.3 Å². The molecule has 0 radical (unpaired) electrons. The van der Waals surface area contributed by atoms with Crippen LogP contribution in [-0.2, 0) is 9.53 Å². The highest BCUT2D eigenvalue weighted by molar-refractivity contribution is 7.14. The standard InChI is InChI=1S/C13H16ClNO3S/c1-13(2,3)18-12(17)9-4-5-19-11(9)15-7-8(14)6-10(15)16/h4-5,8H,6-7H2,1-3H3. The van der Waals surface area contributed by atoms with E-state index in [0.717, 1.165) is 0 Å². The van der Waals surface area contributed by atoms with Gasteiger partial charge < -0.3 is 9.64 Å². The number of halogens is 1. The van der Waals surface area contributed by atoms with Crippen LogP contribution in [0.4, 0.5) is 5.00 Å². The Bertz CT molecular complexity index is 506. The number of rotatable bonds is 2. The number of esters is 1. The second-order valence-corrected chi connectivity index (χ2v) is 6.96. The van der Waals surface area contributed by atoms with Crippen LogP contribution in [0.2, 0.25) is 0 Å². The predicted octanol–water partition coefficient (Wildman–Crippen LogP) is 3.05. The van der Waals surface area contributed by atoms with Crippen LogP contribution in [0.5, 0.6) is 0 Å². The summed E-state index contributed by atoms with van der Waals surface area (Å²) in [5.41, 5.74) is -0.126.